The maximum atomic E-state index is 13.0. The molecule has 1 saturated heterocycles. The van der Waals surface area contributed by atoms with Gasteiger partial charge in [0, 0.05) is 0 Å². The molecule has 1 aromatic carbocycles. The van der Waals surface area contributed by atoms with Gasteiger partial charge in [-0.05, 0) is 12.1 Å². The molecule has 5 heteroatoms. The number of rotatable bonds is 15. The number of benzene rings is 1. The van der Waals surface area contributed by atoms with Gasteiger partial charge in [0.05, 0.1) is 0 Å². The van der Waals surface area contributed by atoms with E-state index in [4.69, 9.17) is 14.2 Å². The molecule has 0 radical (unpaired) electrons. The van der Waals surface area contributed by atoms with Crippen LogP contribution in [0.2, 0.25) is 13.3 Å². The van der Waals surface area contributed by atoms with E-state index in [1.54, 1.807) is 12.1 Å². The zero-order chi connectivity index (χ0) is 23.1. The van der Waals surface area contributed by atoms with Crippen molar-refractivity contribution in [1.82, 2.24) is 0 Å². The fraction of sp³-hybridized carbons (Fsp3) is 0.704. The first kappa shape index (κ1) is 27.5. The molecule has 0 amide bonds. The van der Waals surface area contributed by atoms with E-state index in [0.29, 0.717) is 19.0 Å². The molecule has 32 heavy (non-hydrogen) atoms. The van der Waals surface area contributed by atoms with Crippen molar-refractivity contribution in [3.8, 4) is 15.6 Å². The van der Waals surface area contributed by atoms with Crippen LogP contribution in [0.15, 0.2) is 24.3 Å². The van der Waals surface area contributed by atoms with Gasteiger partial charge in [-0.25, -0.2) is 4.39 Å². The standard InChI is InChI=1S/C15H16FO3.3C4H9.Sn/c1-2-3-10-17-15-9-8-14(19-15)11-18-13-6-4-12(16)5-7-13;3*1-3-4-2;/h4-7,14-15H,3,8-11H2;3*1,3-4H2,2H3;/t14-,15-;;;;/m0..../s1. The molecule has 0 bridgehead atoms. The Morgan fingerprint density at radius 3 is 2.19 bits per heavy atom. The van der Waals surface area contributed by atoms with E-state index in [1.165, 1.54) is 64.0 Å². The molecule has 2 rings (SSSR count). The molecule has 1 aliphatic rings. The minimum atomic E-state index is -2.34. The van der Waals surface area contributed by atoms with Crippen molar-refractivity contribution in [2.24, 2.45) is 0 Å². The summed E-state index contributed by atoms with van der Waals surface area (Å²) in [5, 5.41) is 0. The van der Waals surface area contributed by atoms with Crippen molar-refractivity contribution in [1.29, 1.82) is 0 Å². The summed E-state index contributed by atoms with van der Waals surface area (Å²) in [5.41, 5.74) is 0. The fourth-order valence-corrected chi connectivity index (χ4v) is 17.7. The van der Waals surface area contributed by atoms with Crippen LogP contribution >= 0.6 is 0 Å². The number of halogens is 1. The molecule has 0 saturated carbocycles. The van der Waals surface area contributed by atoms with E-state index in [9.17, 15) is 4.39 Å². The van der Waals surface area contributed by atoms with E-state index in [0.717, 1.165) is 19.3 Å². The Bertz CT molecular complexity index is 661. The van der Waals surface area contributed by atoms with Gasteiger partial charge in [-0.15, -0.1) is 0 Å². The van der Waals surface area contributed by atoms with E-state index in [-0.39, 0.29) is 18.2 Å². The Labute approximate surface area is 199 Å². The van der Waals surface area contributed by atoms with Crippen LogP contribution in [0.4, 0.5) is 4.39 Å². The first-order valence-corrected chi connectivity index (χ1v) is 20.2. The molecule has 2 atom stereocenters. The molecule has 0 N–H and O–H groups in total. The first-order valence-electron chi connectivity index (χ1n) is 12.8. The van der Waals surface area contributed by atoms with Crippen LogP contribution in [-0.2, 0) is 9.47 Å². The predicted octanol–water partition coefficient (Wildman–Crippen LogP) is 7.51. The minimum absolute atomic E-state index is 0.0251. The molecular weight excluding hydrogens is 510 g/mol. The topological polar surface area (TPSA) is 27.7 Å². The Morgan fingerprint density at radius 2 is 1.59 bits per heavy atom. The summed E-state index contributed by atoms with van der Waals surface area (Å²) >= 11 is -2.34. The van der Waals surface area contributed by atoms with Gasteiger partial charge in [0.25, 0.3) is 0 Å². The zero-order valence-electron chi connectivity index (χ0n) is 20.5. The third-order valence-corrected chi connectivity index (χ3v) is 19.5. The molecule has 1 aromatic rings. The van der Waals surface area contributed by atoms with Crippen molar-refractivity contribution in [2.45, 2.75) is 104 Å². The molecule has 1 heterocycles. The van der Waals surface area contributed by atoms with E-state index < -0.39 is 18.4 Å². The molecule has 0 aromatic heterocycles. The van der Waals surface area contributed by atoms with E-state index in [1.807, 2.05) is 0 Å². The average Bonchev–Trinajstić information content (AvgIpc) is 3.27. The second-order valence-electron chi connectivity index (χ2n) is 9.04. The Balaban J connectivity index is 1.74. The molecule has 0 unspecified atom stereocenters. The quantitative estimate of drug-likeness (QED) is 0.128. The number of ether oxygens (including phenoxy) is 3. The van der Waals surface area contributed by atoms with Crippen LogP contribution < -0.4 is 4.74 Å². The predicted molar refractivity (Wildman–Crippen MR) is 133 cm³/mol. The summed E-state index contributed by atoms with van der Waals surface area (Å²) in [7, 11) is 0. The molecule has 3 nitrogen and oxygen atoms in total. The van der Waals surface area contributed by atoms with Crippen LogP contribution in [0.5, 0.6) is 5.75 Å². The third kappa shape index (κ3) is 10.4. The number of hydrogen-bond donors (Lipinski definition) is 0. The van der Waals surface area contributed by atoms with Gasteiger partial charge in [-0.1, -0.05) is 0 Å². The molecule has 180 valence electrons. The summed E-state index contributed by atoms with van der Waals surface area (Å²) in [5.74, 6) is 3.96. The SMILES string of the molecule is CCC[CH2][Sn]([C]#CCCO[C@@H]1CC[C@@H](COc2ccc(F)cc2)O1)([CH2]CCC)[CH2]CCC. The molecule has 0 spiro atoms. The van der Waals surface area contributed by atoms with Crippen LogP contribution in [0, 0.1) is 15.7 Å². The number of hydrogen-bond acceptors (Lipinski definition) is 3. The van der Waals surface area contributed by atoms with Crippen LogP contribution in [0.3, 0.4) is 0 Å². The Hall–Kier alpha value is -0.771. The summed E-state index contributed by atoms with van der Waals surface area (Å²) in [6.07, 6.45) is 10.4. The van der Waals surface area contributed by atoms with Crippen LogP contribution in [0.25, 0.3) is 0 Å². The third-order valence-electron chi connectivity index (χ3n) is 6.23. The Morgan fingerprint density at radius 1 is 0.969 bits per heavy atom. The Kier molecular flexibility index (Phi) is 13.7. The van der Waals surface area contributed by atoms with Crippen LogP contribution in [-0.4, -0.2) is 44.0 Å². The number of unbranched alkanes of at least 4 members (excludes halogenated alkanes) is 3. The van der Waals surface area contributed by atoms with Gasteiger partial charge >= 0.3 is 178 Å². The first-order chi connectivity index (χ1) is 15.6. The van der Waals surface area contributed by atoms with E-state index in [2.05, 4.69) is 30.6 Å². The maximum absolute atomic E-state index is 13.0. The van der Waals surface area contributed by atoms with Crippen molar-refractivity contribution >= 4 is 18.4 Å². The summed E-state index contributed by atoms with van der Waals surface area (Å²) in [4.78, 5) is 0. The monoisotopic (exact) mass is 554 g/mol. The van der Waals surface area contributed by atoms with Crippen LogP contribution in [0.1, 0.15) is 78.6 Å². The second kappa shape index (κ2) is 16.0. The van der Waals surface area contributed by atoms with Gasteiger partial charge in [0.1, 0.15) is 5.82 Å². The summed E-state index contributed by atoms with van der Waals surface area (Å²) in [6, 6.07) is 6.10. The molecule has 1 fully saturated rings. The summed E-state index contributed by atoms with van der Waals surface area (Å²) in [6.45, 7) is 8.01. The van der Waals surface area contributed by atoms with Gasteiger partial charge in [-0.2, -0.15) is 0 Å². The summed E-state index contributed by atoms with van der Waals surface area (Å²) < 4.78 is 38.8. The van der Waals surface area contributed by atoms with Gasteiger partial charge in [-0.3, -0.25) is 0 Å². The van der Waals surface area contributed by atoms with Crippen molar-refractivity contribution < 1.29 is 18.6 Å². The molecule has 0 aliphatic carbocycles. The van der Waals surface area contributed by atoms with Gasteiger partial charge < -0.3 is 0 Å². The average molecular weight is 553 g/mol. The van der Waals surface area contributed by atoms with Gasteiger partial charge in [0.15, 0.2) is 0 Å². The van der Waals surface area contributed by atoms with Crippen molar-refractivity contribution in [2.75, 3.05) is 13.2 Å². The van der Waals surface area contributed by atoms with Crippen molar-refractivity contribution in [3.05, 3.63) is 30.1 Å². The van der Waals surface area contributed by atoms with E-state index >= 15 is 0 Å². The van der Waals surface area contributed by atoms with Gasteiger partial charge in [0.2, 0.25) is 0 Å². The second-order valence-corrected chi connectivity index (χ2v) is 21.3. The molecule has 1 aliphatic heterocycles. The fourth-order valence-electron chi connectivity index (χ4n) is 4.24. The normalized spacial score (nSPS) is 18.4. The zero-order valence-corrected chi connectivity index (χ0v) is 23.3. The molecular formula is C27H43FO3Sn. The van der Waals surface area contributed by atoms with Crippen molar-refractivity contribution in [3.63, 3.8) is 0 Å².